The van der Waals surface area contributed by atoms with Crippen molar-refractivity contribution < 1.29 is 4.79 Å². The Kier molecular flexibility index (Phi) is 10.2. The Hall–Kier alpha value is -1.35. The fraction of sp³-hybridized carbons (Fsp3) is 0.636. The first kappa shape index (κ1) is 23.9. The third kappa shape index (κ3) is 7.13. The Balaban J connectivity index is 0.00000300. The zero-order chi connectivity index (χ0) is 19.8. The van der Waals surface area contributed by atoms with Crippen LogP contribution in [0.15, 0.2) is 29.3 Å². The van der Waals surface area contributed by atoms with Crippen molar-refractivity contribution in [2.45, 2.75) is 52.1 Å². The molecule has 2 heterocycles. The van der Waals surface area contributed by atoms with Gasteiger partial charge in [-0.25, -0.2) is 0 Å². The number of carbonyl (C=O) groups excluding carboxylic acids is 1. The van der Waals surface area contributed by atoms with Gasteiger partial charge in [-0.2, -0.15) is 0 Å². The number of aliphatic imine (C=N–C) groups is 1. The van der Waals surface area contributed by atoms with Gasteiger partial charge in [0.2, 0.25) is 5.91 Å². The van der Waals surface area contributed by atoms with Gasteiger partial charge >= 0.3 is 0 Å². The molecule has 2 N–H and O–H groups in total. The summed E-state index contributed by atoms with van der Waals surface area (Å²) in [4.78, 5) is 21.0. The minimum Gasteiger partial charge on any atom is -0.357 e. The van der Waals surface area contributed by atoms with Gasteiger partial charge in [0.25, 0.3) is 0 Å². The van der Waals surface area contributed by atoms with Crippen LogP contribution in [0.2, 0.25) is 0 Å². The second-order valence-electron chi connectivity index (χ2n) is 7.82. The Labute approximate surface area is 192 Å². The average molecular weight is 513 g/mol. The molecule has 0 spiro atoms. The summed E-state index contributed by atoms with van der Waals surface area (Å²) in [6.07, 6.45) is 3.80. The molecule has 1 aromatic carbocycles. The number of halogens is 1. The topological polar surface area (TPSA) is 60.0 Å². The van der Waals surface area contributed by atoms with E-state index in [0.29, 0.717) is 11.9 Å². The lowest BCUT2D eigenvalue weighted by Gasteiger charge is -2.33. The molecule has 6 nitrogen and oxygen atoms in total. The number of likely N-dealkylation sites (tertiary alicyclic amines) is 1. The van der Waals surface area contributed by atoms with Gasteiger partial charge in [-0.05, 0) is 44.2 Å². The Morgan fingerprint density at radius 3 is 2.69 bits per heavy atom. The molecule has 0 radical (unpaired) electrons. The molecule has 29 heavy (non-hydrogen) atoms. The Morgan fingerprint density at radius 2 is 1.97 bits per heavy atom. The number of hydrogen-bond acceptors (Lipinski definition) is 3. The highest BCUT2D eigenvalue weighted by molar-refractivity contribution is 14.0. The smallest absolute Gasteiger partial charge is 0.222 e. The summed E-state index contributed by atoms with van der Waals surface area (Å²) < 4.78 is 0. The van der Waals surface area contributed by atoms with Crippen molar-refractivity contribution in [2.24, 2.45) is 4.99 Å². The molecule has 0 saturated carbocycles. The fourth-order valence-corrected chi connectivity index (χ4v) is 3.99. The quantitative estimate of drug-likeness (QED) is 0.243. The lowest BCUT2D eigenvalue weighted by molar-refractivity contribution is -0.127. The highest BCUT2D eigenvalue weighted by Gasteiger charge is 2.20. The monoisotopic (exact) mass is 513 g/mol. The van der Waals surface area contributed by atoms with Crippen molar-refractivity contribution in [3.63, 3.8) is 0 Å². The van der Waals surface area contributed by atoms with Crippen LogP contribution in [-0.4, -0.2) is 67.0 Å². The number of benzene rings is 1. The van der Waals surface area contributed by atoms with Gasteiger partial charge in [0.05, 0.1) is 6.54 Å². The molecule has 0 aromatic heterocycles. The summed E-state index contributed by atoms with van der Waals surface area (Å²) in [5, 5.41) is 6.75. The van der Waals surface area contributed by atoms with Gasteiger partial charge < -0.3 is 15.5 Å². The van der Waals surface area contributed by atoms with Crippen LogP contribution in [-0.2, 0) is 17.8 Å². The van der Waals surface area contributed by atoms with Gasteiger partial charge in [-0.3, -0.25) is 14.7 Å². The van der Waals surface area contributed by atoms with Crippen molar-refractivity contribution in [3.8, 4) is 0 Å². The molecular weight excluding hydrogens is 477 g/mol. The standard InChI is InChI=1S/C22H35N5O.HI/c1-3-23-22(24-12-7-14-26-13-6-10-21(26)28)25-16-18(2)27-15-11-19-8-4-5-9-20(19)17-27;/h4-5,8-9,18H,3,6-7,10-17H2,1-2H3,(H2,23,24,25);1H. The summed E-state index contributed by atoms with van der Waals surface area (Å²) in [5.74, 6) is 1.18. The van der Waals surface area contributed by atoms with Crippen molar-refractivity contribution >= 4 is 35.8 Å². The normalized spacial score (nSPS) is 18.2. The van der Waals surface area contributed by atoms with E-state index in [2.05, 4.69) is 53.6 Å². The van der Waals surface area contributed by atoms with E-state index < -0.39 is 0 Å². The summed E-state index contributed by atoms with van der Waals surface area (Å²) in [7, 11) is 0. The fourth-order valence-electron chi connectivity index (χ4n) is 3.99. The van der Waals surface area contributed by atoms with Gasteiger partial charge in [0.15, 0.2) is 5.96 Å². The van der Waals surface area contributed by atoms with Gasteiger partial charge in [0.1, 0.15) is 0 Å². The van der Waals surface area contributed by atoms with Crippen LogP contribution in [0.5, 0.6) is 0 Å². The summed E-state index contributed by atoms with van der Waals surface area (Å²) in [5.41, 5.74) is 2.94. The van der Waals surface area contributed by atoms with E-state index >= 15 is 0 Å². The lowest BCUT2D eigenvalue weighted by atomic mass is 9.99. The molecule has 0 aliphatic carbocycles. The second-order valence-corrected chi connectivity index (χ2v) is 7.82. The molecule has 1 aromatic rings. The number of carbonyl (C=O) groups is 1. The van der Waals surface area contributed by atoms with E-state index in [0.717, 1.165) is 77.5 Å². The van der Waals surface area contributed by atoms with Crippen LogP contribution in [0.25, 0.3) is 0 Å². The lowest BCUT2D eigenvalue weighted by Crippen LogP contribution is -2.42. The van der Waals surface area contributed by atoms with Gasteiger partial charge in [-0.1, -0.05) is 24.3 Å². The number of amides is 1. The molecule has 1 amide bonds. The predicted octanol–water partition coefficient (Wildman–Crippen LogP) is 2.62. The summed E-state index contributed by atoms with van der Waals surface area (Å²) >= 11 is 0. The highest BCUT2D eigenvalue weighted by Crippen LogP contribution is 2.20. The van der Waals surface area contributed by atoms with Crippen LogP contribution in [0.1, 0.15) is 44.2 Å². The van der Waals surface area contributed by atoms with Gasteiger partial charge in [0, 0.05) is 51.7 Å². The molecule has 0 bridgehead atoms. The average Bonchev–Trinajstić information content (AvgIpc) is 3.13. The van der Waals surface area contributed by atoms with E-state index in [-0.39, 0.29) is 24.0 Å². The summed E-state index contributed by atoms with van der Waals surface area (Å²) in [6, 6.07) is 9.17. The maximum atomic E-state index is 11.7. The largest absolute Gasteiger partial charge is 0.357 e. The molecule has 3 rings (SSSR count). The molecular formula is C22H36IN5O. The molecule has 2 aliphatic heterocycles. The number of fused-ring (bicyclic) bond motifs is 1. The van der Waals surface area contributed by atoms with Crippen LogP contribution < -0.4 is 10.6 Å². The van der Waals surface area contributed by atoms with Crippen LogP contribution in [0, 0.1) is 0 Å². The number of hydrogen-bond donors (Lipinski definition) is 2. The maximum Gasteiger partial charge on any atom is 0.222 e. The van der Waals surface area contributed by atoms with E-state index in [9.17, 15) is 4.79 Å². The van der Waals surface area contributed by atoms with Crippen LogP contribution in [0.3, 0.4) is 0 Å². The third-order valence-corrected chi connectivity index (χ3v) is 5.71. The highest BCUT2D eigenvalue weighted by atomic mass is 127. The van der Waals surface area contributed by atoms with Gasteiger partial charge in [-0.15, -0.1) is 24.0 Å². The van der Waals surface area contributed by atoms with E-state index in [1.807, 2.05) is 4.90 Å². The molecule has 1 atom stereocenters. The SMILES string of the molecule is CCNC(=NCC(C)N1CCc2ccccc2C1)NCCCN1CCCC1=O.I. The van der Waals surface area contributed by atoms with E-state index in [1.165, 1.54) is 11.1 Å². The first-order valence-corrected chi connectivity index (χ1v) is 10.8. The number of guanidine groups is 1. The second kappa shape index (κ2) is 12.4. The molecule has 1 saturated heterocycles. The zero-order valence-electron chi connectivity index (χ0n) is 17.8. The van der Waals surface area contributed by atoms with E-state index in [4.69, 9.17) is 4.99 Å². The van der Waals surface area contributed by atoms with Crippen molar-refractivity contribution in [1.29, 1.82) is 0 Å². The Bertz CT molecular complexity index is 681. The maximum absolute atomic E-state index is 11.7. The first-order chi connectivity index (χ1) is 13.7. The number of nitrogens with zero attached hydrogens (tertiary/aromatic N) is 3. The first-order valence-electron chi connectivity index (χ1n) is 10.8. The predicted molar refractivity (Wildman–Crippen MR) is 130 cm³/mol. The van der Waals surface area contributed by atoms with Crippen LogP contribution in [0.4, 0.5) is 0 Å². The number of nitrogens with one attached hydrogen (secondary N) is 2. The molecule has 162 valence electrons. The van der Waals surface area contributed by atoms with E-state index in [1.54, 1.807) is 0 Å². The van der Waals surface area contributed by atoms with Crippen LogP contribution >= 0.6 is 24.0 Å². The minimum absolute atomic E-state index is 0. The van der Waals surface area contributed by atoms with Crippen molar-refractivity contribution in [2.75, 3.05) is 39.3 Å². The third-order valence-electron chi connectivity index (χ3n) is 5.71. The van der Waals surface area contributed by atoms with Crippen molar-refractivity contribution in [3.05, 3.63) is 35.4 Å². The minimum atomic E-state index is 0. The molecule has 2 aliphatic rings. The number of rotatable bonds is 8. The zero-order valence-corrected chi connectivity index (χ0v) is 20.2. The summed E-state index contributed by atoms with van der Waals surface area (Å²) in [6.45, 7) is 10.7. The van der Waals surface area contributed by atoms with Crippen molar-refractivity contribution in [1.82, 2.24) is 20.4 Å². The molecule has 1 unspecified atom stereocenters. The molecule has 1 fully saturated rings. The molecule has 7 heteroatoms. The Morgan fingerprint density at radius 1 is 1.17 bits per heavy atom.